The molecule has 0 fully saturated rings. The molecular weight excluding hydrogens is 1120 g/mol. The molecule has 0 aromatic carbocycles. The summed E-state index contributed by atoms with van der Waals surface area (Å²) in [5, 5.41) is 3.06. The molecule has 0 radical (unpaired) electrons. The van der Waals surface area contributed by atoms with Crippen molar-refractivity contribution in [2.75, 3.05) is 40.9 Å². The molecule has 0 saturated heterocycles. The van der Waals surface area contributed by atoms with Gasteiger partial charge in [0.1, 0.15) is 19.3 Å². The van der Waals surface area contributed by atoms with Crippen LogP contribution in [0.15, 0.2) is 122 Å². The summed E-state index contributed by atoms with van der Waals surface area (Å²) in [4.78, 5) is 38.0. The predicted octanol–water partition coefficient (Wildman–Crippen LogP) is 23.8. The second kappa shape index (κ2) is 67.3. The van der Waals surface area contributed by atoms with E-state index in [0.29, 0.717) is 23.9 Å². The van der Waals surface area contributed by atoms with Crippen molar-refractivity contribution in [3.8, 4) is 0 Å². The molecule has 0 rings (SSSR count). The first kappa shape index (κ1) is 85.4. The molecule has 0 aliphatic rings. The maximum Gasteiger partial charge on any atom is 0.472 e. The summed E-state index contributed by atoms with van der Waals surface area (Å²) >= 11 is 0. The van der Waals surface area contributed by atoms with E-state index in [1.165, 1.54) is 161 Å². The summed E-state index contributed by atoms with van der Waals surface area (Å²) in [6.45, 7) is 6.87. The third kappa shape index (κ3) is 68.6. The highest BCUT2D eigenvalue weighted by Gasteiger charge is 2.30. The molecule has 0 saturated carbocycles. The van der Waals surface area contributed by atoms with Crippen LogP contribution in [-0.2, 0) is 27.9 Å². The molecule has 10 heteroatoms. The second-order valence-electron chi connectivity index (χ2n) is 25.7. The lowest BCUT2D eigenvalue weighted by Gasteiger charge is -2.27. The number of nitrogens with one attached hydrogen (secondary N) is 1. The van der Waals surface area contributed by atoms with Crippen LogP contribution in [-0.4, -0.2) is 74.3 Å². The van der Waals surface area contributed by atoms with Gasteiger partial charge in [0.2, 0.25) is 5.91 Å². The average Bonchev–Trinajstić information content (AvgIpc) is 3.64. The number of allylic oxidation sites excluding steroid dienone is 19. The van der Waals surface area contributed by atoms with Gasteiger partial charge in [0, 0.05) is 12.8 Å². The van der Waals surface area contributed by atoms with Crippen molar-refractivity contribution < 1.29 is 37.3 Å². The zero-order valence-corrected chi connectivity index (χ0v) is 59.5. The minimum absolute atomic E-state index is 0.0295. The van der Waals surface area contributed by atoms with Crippen molar-refractivity contribution in [1.82, 2.24) is 5.32 Å². The fourth-order valence-electron chi connectivity index (χ4n) is 10.2. The highest BCUT2D eigenvalue weighted by molar-refractivity contribution is 7.47. The number of amides is 1. The fourth-order valence-corrected chi connectivity index (χ4v) is 11.0. The Morgan fingerprint density at radius 1 is 0.404 bits per heavy atom. The Bertz CT molecular complexity index is 1940. The van der Waals surface area contributed by atoms with E-state index < -0.39 is 20.0 Å². The van der Waals surface area contributed by atoms with Crippen LogP contribution in [0, 0.1) is 0 Å². The van der Waals surface area contributed by atoms with Gasteiger partial charge in [-0.3, -0.25) is 18.6 Å². The highest BCUT2D eigenvalue weighted by Crippen LogP contribution is 2.43. The number of nitrogens with zero attached hydrogens (tertiary/aromatic N) is 1. The smallest absolute Gasteiger partial charge is 0.456 e. The number of hydrogen-bond donors (Lipinski definition) is 2. The van der Waals surface area contributed by atoms with Gasteiger partial charge in [-0.2, -0.15) is 0 Å². The number of carbonyl (C=O) groups excluding carboxylic acids is 2. The highest BCUT2D eigenvalue weighted by atomic mass is 31.2. The molecule has 512 valence electrons. The van der Waals surface area contributed by atoms with E-state index in [0.717, 1.165) is 116 Å². The largest absolute Gasteiger partial charge is 0.472 e. The number of hydrogen-bond acceptors (Lipinski definition) is 6. The van der Waals surface area contributed by atoms with Crippen molar-refractivity contribution in [3.63, 3.8) is 0 Å². The number of ether oxygens (including phenoxy) is 1. The van der Waals surface area contributed by atoms with Crippen molar-refractivity contribution in [2.45, 2.75) is 328 Å². The van der Waals surface area contributed by atoms with E-state index in [2.05, 4.69) is 135 Å². The van der Waals surface area contributed by atoms with Gasteiger partial charge in [0.05, 0.1) is 33.8 Å². The molecule has 0 heterocycles. The molecule has 0 aliphatic carbocycles. The molecule has 2 N–H and O–H groups in total. The summed E-state index contributed by atoms with van der Waals surface area (Å²) in [7, 11) is 1.47. The standard InChI is InChI=1S/C79H139N2O7P/c1-7-10-13-16-19-22-25-28-30-32-34-36-38-39-40-41-43-45-47-49-51-54-57-60-63-66-69-72-79(83)88-77(70-67-64-61-58-55-52-27-24-21-18-15-12-9-3)76(75-87-89(84,85)86-74-73-81(4,5)6)80-78(82)71-68-65-62-59-56-53-50-48-46-44-42-37-35-33-31-29-26-23-20-17-14-11-8-2/h11,14,19-20,22-23,28-31,34-37,44,46,50,53,67,70,76-77H,7-10,12-13,15-18,21,24-27,32-33,38-43,45,47-49,51-52,54-66,68-69,71-75H2,1-6H3,(H-,80,82,84,85)/p+1/b14-11-,22-19-,23-20-,30-28-,31-29-,36-34-,37-35-,46-44-,53-50-,70-67+. The fraction of sp³-hybridized carbons (Fsp3) is 0.722. The van der Waals surface area contributed by atoms with E-state index in [-0.39, 0.29) is 31.5 Å². The Balaban J connectivity index is 5.11. The first-order valence-electron chi connectivity index (χ1n) is 36.9. The van der Waals surface area contributed by atoms with Gasteiger partial charge in [-0.15, -0.1) is 0 Å². The maximum atomic E-state index is 13.6. The summed E-state index contributed by atoms with van der Waals surface area (Å²) in [5.74, 6) is -0.533. The zero-order valence-electron chi connectivity index (χ0n) is 58.6. The van der Waals surface area contributed by atoms with Crippen LogP contribution >= 0.6 is 7.82 Å². The number of likely N-dealkylation sites (N-methyl/N-ethyl adjacent to an activating group) is 1. The van der Waals surface area contributed by atoms with E-state index in [1.54, 1.807) is 0 Å². The number of rotatable bonds is 66. The van der Waals surface area contributed by atoms with Crippen LogP contribution < -0.4 is 5.32 Å². The summed E-state index contributed by atoms with van der Waals surface area (Å²) in [6, 6.07) is -0.871. The quantitative estimate of drug-likeness (QED) is 0.0205. The number of phosphoric ester groups is 1. The molecule has 89 heavy (non-hydrogen) atoms. The predicted molar refractivity (Wildman–Crippen MR) is 387 cm³/mol. The van der Waals surface area contributed by atoms with E-state index in [9.17, 15) is 19.0 Å². The first-order valence-corrected chi connectivity index (χ1v) is 38.4. The molecule has 0 aromatic heterocycles. The Hall–Kier alpha value is -3.59. The Morgan fingerprint density at radius 2 is 0.719 bits per heavy atom. The Morgan fingerprint density at radius 3 is 1.10 bits per heavy atom. The van der Waals surface area contributed by atoms with Crippen molar-refractivity contribution in [1.29, 1.82) is 0 Å². The molecule has 3 unspecified atom stereocenters. The minimum atomic E-state index is -4.47. The van der Waals surface area contributed by atoms with E-state index >= 15 is 0 Å². The molecule has 0 aromatic rings. The molecule has 0 bridgehead atoms. The lowest BCUT2D eigenvalue weighted by atomic mass is 10.0. The van der Waals surface area contributed by atoms with E-state index in [4.69, 9.17) is 13.8 Å². The Labute approximate surface area is 550 Å². The third-order valence-electron chi connectivity index (χ3n) is 15.9. The van der Waals surface area contributed by atoms with E-state index in [1.807, 2.05) is 33.3 Å². The maximum absolute atomic E-state index is 13.6. The summed E-state index contributed by atoms with van der Waals surface area (Å²) in [6.07, 6.45) is 95.0. The normalized spacial score (nSPS) is 14.2. The van der Waals surface area contributed by atoms with Crippen LogP contribution in [0.3, 0.4) is 0 Å². The van der Waals surface area contributed by atoms with Crippen LogP contribution in [0.1, 0.15) is 316 Å². The second-order valence-corrected chi connectivity index (χ2v) is 27.2. The van der Waals surface area contributed by atoms with Crippen LogP contribution in [0.5, 0.6) is 0 Å². The zero-order chi connectivity index (χ0) is 64.9. The number of carbonyl (C=O) groups is 2. The van der Waals surface area contributed by atoms with Gasteiger partial charge >= 0.3 is 13.8 Å². The van der Waals surface area contributed by atoms with Crippen LogP contribution in [0.2, 0.25) is 0 Å². The Kier molecular flexibility index (Phi) is 64.6. The first-order chi connectivity index (χ1) is 43.4. The third-order valence-corrected chi connectivity index (χ3v) is 16.9. The molecule has 9 nitrogen and oxygen atoms in total. The number of esters is 1. The summed E-state index contributed by atoms with van der Waals surface area (Å²) in [5.41, 5.74) is 0. The van der Waals surface area contributed by atoms with Crippen LogP contribution in [0.4, 0.5) is 0 Å². The van der Waals surface area contributed by atoms with Crippen molar-refractivity contribution in [2.24, 2.45) is 0 Å². The lowest BCUT2D eigenvalue weighted by Crippen LogP contribution is -2.47. The van der Waals surface area contributed by atoms with Gasteiger partial charge in [-0.05, 0) is 122 Å². The van der Waals surface area contributed by atoms with Gasteiger partial charge in [-0.1, -0.05) is 303 Å². The van der Waals surface area contributed by atoms with Gasteiger partial charge in [-0.25, -0.2) is 4.57 Å². The van der Waals surface area contributed by atoms with Crippen LogP contribution in [0.25, 0.3) is 0 Å². The average molecular weight is 1260 g/mol. The number of quaternary nitrogens is 1. The minimum Gasteiger partial charge on any atom is -0.456 e. The molecular formula is C79H140N2O7P+. The monoisotopic (exact) mass is 1260 g/mol. The van der Waals surface area contributed by atoms with Gasteiger partial charge in [0.25, 0.3) is 0 Å². The van der Waals surface area contributed by atoms with Gasteiger partial charge in [0.15, 0.2) is 0 Å². The van der Waals surface area contributed by atoms with Crippen molar-refractivity contribution in [3.05, 3.63) is 122 Å². The summed E-state index contributed by atoms with van der Waals surface area (Å²) < 4.78 is 30.9. The lowest BCUT2D eigenvalue weighted by molar-refractivity contribution is -0.870. The number of phosphoric acid groups is 1. The van der Waals surface area contributed by atoms with Gasteiger partial charge < -0.3 is 19.4 Å². The molecule has 1 amide bonds. The molecule has 0 spiro atoms. The molecule has 0 aliphatic heterocycles. The van der Waals surface area contributed by atoms with Crippen molar-refractivity contribution >= 4 is 19.7 Å². The molecule has 3 atom stereocenters. The topological polar surface area (TPSA) is 111 Å². The number of unbranched alkanes of at least 4 members (excludes halogenated alkanes) is 32. The SMILES string of the molecule is CC/C=C\C/C=C\C/C=C\C/C=C\C/C=C\C/C=C\CCCCCCC(=O)NC(COP(=O)(O)OCC[N+](C)(C)C)C(/C=C/CCCCCCCCCCCCC)OC(=O)CCCCCCCCCCCCCCCC/C=C\C/C=C\C/C=C\CCCCC.